The summed E-state index contributed by atoms with van der Waals surface area (Å²) in [5.41, 5.74) is 13.3. The molecule has 0 N–H and O–H groups in total. The Morgan fingerprint density at radius 2 is 0.853 bits per heavy atom. The third kappa shape index (κ3) is 3.25. The molecule has 0 heterocycles. The highest BCUT2D eigenvalue weighted by Gasteiger charge is 2.51. The Labute approximate surface area is 205 Å². The molecule has 4 aromatic rings. The Morgan fingerprint density at radius 1 is 0.500 bits per heavy atom. The van der Waals surface area contributed by atoms with Crippen molar-refractivity contribution in [2.24, 2.45) is 0 Å². The van der Waals surface area contributed by atoms with Crippen molar-refractivity contribution in [2.45, 2.75) is 56.3 Å². The summed E-state index contributed by atoms with van der Waals surface area (Å²) in [6.45, 7) is 5.07. The summed E-state index contributed by atoms with van der Waals surface area (Å²) in [6.07, 6.45) is 5.34. The zero-order chi connectivity index (χ0) is 23.1. The lowest BCUT2D eigenvalue weighted by atomic mass is 10.1. The van der Waals surface area contributed by atoms with Crippen LogP contribution in [0.4, 0.5) is 0 Å². The average molecular weight is 459 g/mol. The highest BCUT2D eigenvalue weighted by Crippen LogP contribution is 2.58. The second-order valence-electron chi connectivity index (χ2n) is 10.5. The molecule has 0 fully saturated rings. The van der Waals surface area contributed by atoms with Crippen LogP contribution in [0.15, 0.2) is 97.1 Å². The SMILES string of the molecule is CCCCCC[Si](C)(C1c2ccccc2-c2ccccc21)C1c2ccccc2-c2ccccc21. The number of fused-ring (bicyclic) bond motifs is 6. The molecule has 170 valence electrons. The molecule has 6 rings (SSSR count). The van der Waals surface area contributed by atoms with Gasteiger partial charge in [-0.1, -0.05) is 142 Å². The molecule has 1 heteroatoms. The first-order valence-electron chi connectivity index (χ1n) is 13.1. The van der Waals surface area contributed by atoms with E-state index in [9.17, 15) is 0 Å². The van der Waals surface area contributed by atoms with Crippen LogP contribution in [0.3, 0.4) is 0 Å². The van der Waals surface area contributed by atoms with Crippen LogP contribution in [0, 0.1) is 0 Å². The minimum absolute atomic E-state index is 0.533. The van der Waals surface area contributed by atoms with Gasteiger partial charge in [0.25, 0.3) is 0 Å². The minimum Gasteiger partial charge on any atom is -0.0677 e. The van der Waals surface area contributed by atoms with Gasteiger partial charge in [-0.2, -0.15) is 0 Å². The molecule has 34 heavy (non-hydrogen) atoms. The van der Waals surface area contributed by atoms with E-state index < -0.39 is 8.07 Å². The predicted octanol–water partition coefficient (Wildman–Crippen LogP) is 9.35. The van der Waals surface area contributed by atoms with Crippen molar-refractivity contribution >= 4 is 8.07 Å². The third-order valence-electron chi connectivity index (χ3n) is 8.56. The van der Waals surface area contributed by atoms with Crippen LogP contribution in [0.5, 0.6) is 0 Å². The van der Waals surface area contributed by atoms with Gasteiger partial charge in [0.2, 0.25) is 0 Å². The van der Waals surface area contributed by atoms with Gasteiger partial charge in [-0.3, -0.25) is 0 Å². The van der Waals surface area contributed by atoms with E-state index in [0.717, 1.165) is 0 Å². The van der Waals surface area contributed by atoms with E-state index in [1.165, 1.54) is 54.0 Å². The summed E-state index contributed by atoms with van der Waals surface area (Å²) in [6, 6.07) is 38.5. The van der Waals surface area contributed by atoms with Crippen LogP contribution in [-0.2, 0) is 0 Å². The molecule has 0 saturated heterocycles. The van der Waals surface area contributed by atoms with E-state index in [0.29, 0.717) is 11.1 Å². The third-order valence-corrected chi connectivity index (χ3v) is 13.9. The van der Waals surface area contributed by atoms with Crippen LogP contribution in [0.25, 0.3) is 22.3 Å². The second kappa shape index (κ2) is 8.71. The Hall–Kier alpha value is -2.90. The van der Waals surface area contributed by atoms with Gasteiger partial charge in [-0.15, -0.1) is 0 Å². The summed E-state index contributed by atoms with van der Waals surface area (Å²) in [5, 5.41) is 0. The molecule has 0 saturated carbocycles. The average Bonchev–Trinajstić information content (AvgIpc) is 3.41. The first-order valence-corrected chi connectivity index (χ1v) is 16.0. The van der Waals surface area contributed by atoms with Crippen molar-refractivity contribution in [3.63, 3.8) is 0 Å². The van der Waals surface area contributed by atoms with Gasteiger partial charge in [0.15, 0.2) is 0 Å². The van der Waals surface area contributed by atoms with Gasteiger partial charge in [0.1, 0.15) is 0 Å². The first kappa shape index (κ1) is 21.6. The van der Waals surface area contributed by atoms with Crippen molar-refractivity contribution in [1.29, 1.82) is 0 Å². The summed E-state index contributed by atoms with van der Waals surface area (Å²) < 4.78 is 0. The van der Waals surface area contributed by atoms with Gasteiger partial charge in [0.05, 0.1) is 8.07 Å². The Balaban J connectivity index is 1.57. The second-order valence-corrected chi connectivity index (χ2v) is 15.2. The molecule has 0 amide bonds. The van der Waals surface area contributed by atoms with Crippen molar-refractivity contribution in [3.8, 4) is 22.3 Å². The fourth-order valence-corrected chi connectivity index (χ4v) is 12.9. The number of rotatable bonds is 7. The molecule has 0 nitrogen and oxygen atoms in total. The normalized spacial score (nSPS) is 14.5. The van der Waals surface area contributed by atoms with Crippen molar-refractivity contribution in [1.82, 2.24) is 0 Å². The maximum absolute atomic E-state index is 2.74. The molecule has 0 radical (unpaired) electrons. The van der Waals surface area contributed by atoms with Gasteiger partial charge < -0.3 is 0 Å². The van der Waals surface area contributed by atoms with E-state index in [-0.39, 0.29) is 0 Å². The minimum atomic E-state index is -1.94. The molecular formula is C33H34Si. The van der Waals surface area contributed by atoms with Crippen molar-refractivity contribution in [3.05, 3.63) is 119 Å². The Morgan fingerprint density at radius 3 is 1.21 bits per heavy atom. The monoisotopic (exact) mass is 458 g/mol. The van der Waals surface area contributed by atoms with Crippen molar-refractivity contribution < 1.29 is 0 Å². The molecule has 0 aromatic heterocycles. The van der Waals surface area contributed by atoms with Crippen molar-refractivity contribution in [2.75, 3.05) is 0 Å². The lowest BCUT2D eigenvalue weighted by Gasteiger charge is -2.41. The van der Waals surface area contributed by atoms with E-state index in [1.54, 1.807) is 22.3 Å². The lowest BCUT2D eigenvalue weighted by molar-refractivity contribution is 0.690. The molecular weight excluding hydrogens is 424 g/mol. The largest absolute Gasteiger partial charge is 0.0761 e. The first-order chi connectivity index (χ1) is 16.7. The Bertz CT molecular complexity index is 1150. The molecule has 0 spiro atoms. The summed E-state index contributed by atoms with van der Waals surface area (Å²) in [4.78, 5) is 0. The van der Waals surface area contributed by atoms with Crippen LogP contribution in [0.2, 0.25) is 12.6 Å². The highest BCUT2D eigenvalue weighted by atomic mass is 28.3. The fraction of sp³-hybridized carbons (Fsp3) is 0.273. The highest BCUT2D eigenvalue weighted by molar-refractivity contribution is 6.83. The van der Waals surface area contributed by atoms with Gasteiger partial charge in [0, 0.05) is 11.1 Å². The molecule has 4 aromatic carbocycles. The lowest BCUT2D eigenvalue weighted by Crippen LogP contribution is -2.45. The van der Waals surface area contributed by atoms with E-state index in [1.807, 2.05) is 0 Å². The molecule has 2 aliphatic carbocycles. The van der Waals surface area contributed by atoms with Gasteiger partial charge >= 0.3 is 0 Å². The zero-order valence-corrected chi connectivity index (χ0v) is 21.4. The van der Waals surface area contributed by atoms with E-state index >= 15 is 0 Å². The predicted molar refractivity (Wildman–Crippen MR) is 148 cm³/mol. The van der Waals surface area contributed by atoms with Gasteiger partial charge in [-0.25, -0.2) is 0 Å². The molecule has 0 bridgehead atoms. The number of unbranched alkanes of at least 4 members (excludes halogenated alkanes) is 3. The van der Waals surface area contributed by atoms with E-state index in [4.69, 9.17) is 0 Å². The molecule has 2 aliphatic rings. The topological polar surface area (TPSA) is 0 Å². The summed E-state index contributed by atoms with van der Waals surface area (Å²) >= 11 is 0. The zero-order valence-electron chi connectivity index (χ0n) is 20.4. The Kier molecular flexibility index (Phi) is 5.54. The van der Waals surface area contributed by atoms with Crippen LogP contribution in [0.1, 0.15) is 65.9 Å². The maximum Gasteiger partial charge on any atom is 0.0761 e. The summed E-state index contributed by atoms with van der Waals surface area (Å²) in [5.74, 6) is 0. The standard InChI is InChI=1S/C33H34Si/c1-3-4-5-14-23-34(2,32-28-19-10-6-15-24(28)25-16-7-11-20-29(25)32)33-30-21-12-8-17-26(30)27-18-9-13-22-31(27)33/h6-13,15-22,32-33H,3-5,14,23H2,1-2H3. The van der Waals surface area contributed by atoms with Crippen LogP contribution in [-0.4, -0.2) is 8.07 Å². The van der Waals surface area contributed by atoms with Gasteiger partial charge in [-0.05, 0) is 44.5 Å². The fourth-order valence-electron chi connectivity index (χ4n) is 7.12. The number of benzene rings is 4. The summed E-state index contributed by atoms with van der Waals surface area (Å²) in [7, 11) is -1.94. The van der Waals surface area contributed by atoms with Crippen LogP contribution >= 0.6 is 0 Å². The number of hydrogen-bond acceptors (Lipinski definition) is 0. The quantitative estimate of drug-likeness (QED) is 0.191. The van der Waals surface area contributed by atoms with Crippen LogP contribution < -0.4 is 0 Å². The number of hydrogen-bond donors (Lipinski definition) is 0. The molecule has 0 aliphatic heterocycles. The maximum atomic E-state index is 2.74. The van der Waals surface area contributed by atoms with E-state index in [2.05, 4.69) is 111 Å². The smallest absolute Gasteiger partial charge is 0.0677 e. The molecule has 0 atom stereocenters. The molecule has 0 unspecified atom stereocenters.